The molecule has 3 aromatic rings. The van der Waals surface area contributed by atoms with Crippen LogP contribution in [0.2, 0.25) is 0 Å². The Kier molecular flexibility index (Phi) is 6.16. The van der Waals surface area contributed by atoms with Crippen molar-refractivity contribution in [2.75, 3.05) is 25.6 Å². The van der Waals surface area contributed by atoms with Crippen molar-refractivity contribution in [3.8, 4) is 11.5 Å². The number of nitrogens with zero attached hydrogens (tertiary/aromatic N) is 1. The molecule has 2 aromatic carbocycles. The maximum atomic E-state index is 13.2. The molecule has 7 heteroatoms. The number of oxazole rings is 1. The number of benzene rings is 2. The van der Waals surface area contributed by atoms with Gasteiger partial charge >= 0.3 is 0 Å². The molecule has 1 N–H and O–H groups in total. The molecule has 0 aliphatic carbocycles. The lowest BCUT2D eigenvalue weighted by atomic mass is 10.1. The van der Waals surface area contributed by atoms with E-state index in [2.05, 4.69) is 10.3 Å². The topological polar surface area (TPSA) is 81.4 Å². The van der Waals surface area contributed by atoms with Gasteiger partial charge in [-0.25, -0.2) is 8.42 Å². The summed E-state index contributed by atoms with van der Waals surface area (Å²) in [5.74, 6) is 0.414. The Morgan fingerprint density at radius 2 is 1.82 bits per heavy atom. The van der Waals surface area contributed by atoms with Crippen molar-refractivity contribution in [1.29, 1.82) is 0 Å². The summed E-state index contributed by atoms with van der Waals surface area (Å²) in [5.41, 5.74) is 2.75. The number of sulfone groups is 1. The van der Waals surface area contributed by atoms with Gasteiger partial charge in [0.15, 0.2) is 0 Å². The maximum Gasteiger partial charge on any atom is 0.233 e. The minimum atomic E-state index is -3.82. The summed E-state index contributed by atoms with van der Waals surface area (Å²) in [7, 11) is -2.20. The number of methoxy groups -OCH3 is 1. The van der Waals surface area contributed by atoms with Crippen molar-refractivity contribution in [2.24, 2.45) is 0 Å². The highest BCUT2D eigenvalue weighted by Crippen LogP contribution is 2.32. The number of hydrogen-bond donors (Lipinski definition) is 1. The van der Waals surface area contributed by atoms with Gasteiger partial charge in [0.2, 0.25) is 26.6 Å². The van der Waals surface area contributed by atoms with E-state index in [-0.39, 0.29) is 21.7 Å². The molecule has 3 rings (SSSR count). The smallest absolute Gasteiger partial charge is 0.233 e. The molecule has 28 heavy (non-hydrogen) atoms. The second-order valence-electron chi connectivity index (χ2n) is 6.61. The normalized spacial score (nSPS) is 11.5. The Morgan fingerprint density at radius 1 is 1.07 bits per heavy atom. The van der Waals surface area contributed by atoms with Crippen LogP contribution >= 0.6 is 0 Å². The summed E-state index contributed by atoms with van der Waals surface area (Å²) < 4.78 is 37.2. The van der Waals surface area contributed by atoms with Crippen LogP contribution < -0.4 is 5.32 Å². The number of anilines is 1. The second kappa shape index (κ2) is 8.58. The molecule has 6 nitrogen and oxygen atoms in total. The summed E-state index contributed by atoms with van der Waals surface area (Å²) in [6.07, 6.45) is 0.709. The van der Waals surface area contributed by atoms with Crippen molar-refractivity contribution >= 4 is 15.7 Å². The first-order valence-electron chi connectivity index (χ1n) is 9.04. The Hall–Kier alpha value is -2.64. The van der Waals surface area contributed by atoms with Crippen LogP contribution in [-0.4, -0.2) is 33.7 Å². The van der Waals surface area contributed by atoms with E-state index >= 15 is 0 Å². The van der Waals surface area contributed by atoms with Crippen molar-refractivity contribution in [3.63, 3.8) is 0 Å². The zero-order valence-electron chi connectivity index (χ0n) is 16.2. The molecule has 0 saturated carbocycles. The Labute approximate surface area is 165 Å². The molecule has 0 bridgehead atoms. The molecule has 0 amide bonds. The van der Waals surface area contributed by atoms with E-state index in [9.17, 15) is 8.42 Å². The lowest BCUT2D eigenvalue weighted by molar-refractivity contribution is 0.197. The van der Waals surface area contributed by atoms with Crippen LogP contribution in [0.25, 0.3) is 11.5 Å². The fourth-order valence-electron chi connectivity index (χ4n) is 2.75. The average molecular weight is 401 g/mol. The summed E-state index contributed by atoms with van der Waals surface area (Å²) in [4.78, 5) is 4.53. The first-order valence-corrected chi connectivity index (χ1v) is 10.5. The molecule has 0 radical (unpaired) electrons. The lowest BCUT2D eigenvalue weighted by Crippen LogP contribution is -2.09. The third-order valence-electron chi connectivity index (χ3n) is 4.26. The summed E-state index contributed by atoms with van der Waals surface area (Å²) in [6, 6.07) is 14.3. The molecule has 1 heterocycles. The predicted molar refractivity (Wildman–Crippen MR) is 108 cm³/mol. The first-order chi connectivity index (χ1) is 13.4. The van der Waals surface area contributed by atoms with Gasteiger partial charge in [0.05, 0.1) is 4.90 Å². The standard InChI is InChI=1S/C21H24N2O4S/c1-15-8-10-18(11-9-15)28(24,25)21-20(22-12-5-13-26-3)27-19(23-21)17-7-4-6-16(2)14-17/h4,6-11,14,22H,5,12-13H2,1-3H3. The fraction of sp³-hybridized carbons (Fsp3) is 0.286. The van der Waals surface area contributed by atoms with Crippen LogP contribution in [0.1, 0.15) is 17.5 Å². The zero-order chi connectivity index (χ0) is 20.1. The minimum Gasteiger partial charge on any atom is -0.419 e. The van der Waals surface area contributed by atoms with Gasteiger partial charge in [-0.05, 0) is 44.5 Å². The van der Waals surface area contributed by atoms with E-state index in [0.717, 1.165) is 16.7 Å². The highest BCUT2D eigenvalue weighted by Gasteiger charge is 2.28. The second-order valence-corrected chi connectivity index (χ2v) is 8.48. The quantitative estimate of drug-likeness (QED) is 0.570. The third kappa shape index (κ3) is 4.43. The van der Waals surface area contributed by atoms with Crippen molar-refractivity contribution in [2.45, 2.75) is 30.2 Å². The monoisotopic (exact) mass is 400 g/mol. The van der Waals surface area contributed by atoms with E-state index < -0.39 is 9.84 Å². The van der Waals surface area contributed by atoms with E-state index in [1.165, 1.54) is 0 Å². The number of ether oxygens (including phenoxy) is 1. The van der Waals surface area contributed by atoms with Gasteiger partial charge in [-0.3, -0.25) is 0 Å². The Balaban J connectivity index is 2.03. The lowest BCUT2D eigenvalue weighted by Gasteiger charge is -2.06. The zero-order valence-corrected chi connectivity index (χ0v) is 17.0. The van der Waals surface area contributed by atoms with Crippen LogP contribution in [0.4, 0.5) is 5.88 Å². The average Bonchev–Trinajstić information content (AvgIpc) is 3.11. The van der Waals surface area contributed by atoms with Crippen LogP contribution in [-0.2, 0) is 14.6 Å². The van der Waals surface area contributed by atoms with Gasteiger partial charge in [0.25, 0.3) is 0 Å². The summed E-state index contributed by atoms with van der Waals surface area (Å²) in [6.45, 7) is 4.93. The number of rotatable bonds is 8. The molecule has 0 atom stereocenters. The van der Waals surface area contributed by atoms with Crippen LogP contribution in [0.15, 0.2) is 62.9 Å². The first kappa shape index (κ1) is 20.1. The number of aromatic nitrogens is 1. The van der Waals surface area contributed by atoms with Crippen LogP contribution in [0.3, 0.4) is 0 Å². The molecule has 148 valence electrons. The molecular weight excluding hydrogens is 376 g/mol. The number of hydrogen-bond acceptors (Lipinski definition) is 6. The highest BCUT2D eigenvalue weighted by molar-refractivity contribution is 7.91. The molecule has 0 spiro atoms. The molecule has 0 aliphatic heterocycles. The largest absolute Gasteiger partial charge is 0.419 e. The van der Waals surface area contributed by atoms with Crippen molar-refractivity contribution in [3.05, 3.63) is 59.7 Å². The van der Waals surface area contributed by atoms with Crippen molar-refractivity contribution < 1.29 is 17.6 Å². The maximum absolute atomic E-state index is 13.2. The summed E-state index contributed by atoms with van der Waals surface area (Å²) >= 11 is 0. The van der Waals surface area contributed by atoms with E-state index in [1.807, 2.05) is 38.1 Å². The van der Waals surface area contributed by atoms with Gasteiger partial charge in [0, 0.05) is 25.8 Å². The fourth-order valence-corrected chi connectivity index (χ4v) is 4.03. The molecule has 0 fully saturated rings. The van der Waals surface area contributed by atoms with Crippen LogP contribution in [0.5, 0.6) is 0 Å². The molecule has 1 aromatic heterocycles. The molecular formula is C21H24N2O4S. The van der Waals surface area contributed by atoms with Gasteiger partial charge in [-0.15, -0.1) is 0 Å². The third-order valence-corrected chi connectivity index (χ3v) is 5.94. The Morgan fingerprint density at radius 3 is 2.50 bits per heavy atom. The van der Waals surface area contributed by atoms with Crippen molar-refractivity contribution in [1.82, 2.24) is 4.98 Å². The van der Waals surface area contributed by atoms with Gasteiger partial charge in [0.1, 0.15) is 0 Å². The van der Waals surface area contributed by atoms with Crippen LogP contribution in [0, 0.1) is 13.8 Å². The van der Waals surface area contributed by atoms with E-state index in [4.69, 9.17) is 9.15 Å². The number of aryl methyl sites for hydroxylation is 2. The molecule has 0 saturated heterocycles. The SMILES string of the molecule is COCCCNc1oc(-c2cccc(C)c2)nc1S(=O)(=O)c1ccc(C)cc1. The van der Waals surface area contributed by atoms with E-state index in [0.29, 0.717) is 19.6 Å². The predicted octanol–water partition coefficient (Wildman–Crippen LogP) is 4.24. The summed E-state index contributed by atoms with van der Waals surface area (Å²) in [5, 5.41) is 2.95. The van der Waals surface area contributed by atoms with Gasteiger partial charge < -0.3 is 14.5 Å². The molecule has 0 aliphatic rings. The van der Waals surface area contributed by atoms with Gasteiger partial charge in [-0.2, -0.15) is 4.98 Å². The minimum absolute atomic E-state index is 0.106. The van der Waals surface area contributed by atoms with E-state index in [1.54, 1.807) is 31.4 Å². The Bertz CT molecular complexity index is 1040. The molecule has 0 unspecified atom stereocenters. The van der Waals surface area contributed by atoms with Gasteiger partial charge in [-0.1, -0.05) is 35.4 Å². The number of nitrogens with one attached hydrogen (secondary N) is 1. The highest BCUT2D eigenvalue weighted by atomic mass is 32.2.